The molecular formula is C11H15N5O2. The molecule has 2 aromatic rings. The van der Waals surface area contributed by atoms with Gasteiger partial charge in [-0.05, 0) is 26.0 Å². The Labute approximate surface area is 104 Å². The van der Waals surface area contributed by atoms with Crippen LogP contribution in [0.15, 0.2) is 12.1 Å². The third-order valence-electron chi connectivity index (χ3n) is 2.80. The Bertz CT molecular complexity index is 588. The summed E-state index contributed by atoms with van der Waals surface area (Å²) in [6, 6.07) is 3.25. The molecule has 0 spiro atoms. The van der Waals surface area contributed by atoms with Gasteiger partial charge in [0.15, 0.2) is 11.3 Å². The molecule has 0 unspecified atom stereocenters. The molecule has 2 rings (SSSR count). The summed E-state index contributed by atoms with van der Waals surface area (Å²) in [5.74, 6) is -0.992. The van der Waals surface area contributed by atoms with E-state index in [1.807, 2.05) is 13.8 Å². The van der Waals surface area contributed by atoms with Crippen LogP contribution in [0.3, 0.4) is 0 Å². The van der Waals surface area contributed by atoms with Crippen molar-refractivity contribution in [2.75, 3.05) is 23.7 Å². The SMILES string of the molecule is CCN(CC)c1ccc(C(=O)O)n2nc(N)nc12. The van der Waals surface area contributed by atoms with E-state index in [4.69, 9.17) is 10.8 Å². The van der Waals surface area contributed by atoms with Gasteiger partial charge in [-0.1, -0.05) is 0 Å². The van der Waals surface area contributed by atoms with Crippen molar-refractivity contribution in [2.45, 2.75) is 13.8 Å². The molecule has 0 saturated carbocycles. The van der Waals surface area contributed by atoms with Crippen LogP contribution in [0.2, 0.25) is 0 Å². The Hall–Kier alpha value is -2.31. The predicted octanol–water partition coefficient (Wildman–Crippen LogP) is 0.856. The van der Waals surface area contributed by atoms with Crippen LogP contribution in [0.4, 0.5) is 11.6 Å². The lowest BCUT2D eigenvalue weighted by Gasteiger charge is -2.21. The molecule has 0 amide bonds. The number of anilines is 2. The lowest BCUT2D eigenvalue weighted by Crippen LogP contribution is -2.23. The molecular weight excluding hydrogens is 234 g/mol. The first-order valence-corrected chi connectivity index (χ1v) is 5.72. The van der Waals surface area contributed by atoms with Crippen molar-refractivity contribution in [3.8, 4) is 0 Å². The molecule has 0 fully saturated rings. The molecule has 2 heterocycles. The van der Waals surface area contributed by atoms with E-state index >= 15 is 0 Å². The smallest absolute Gasteiger partial charge is 0.354 e. The highest BCUT2D eigenvalue weighted by molar-refractivity contribution is 5.88. The molecule has 0 aliphatic rings. The molecule has 7 nitrogen and oxygen atoms in total. The molecule has 7 heteroatoms. The predicted molar refractivity (Wildman–Crippen MR) is 67.9 cm³/mol. The number of hydrogen-bond donors (Lipinski definition) is 2. The van der Waals surface area contributed by atoms with Gasteiger partial charge < -0.3 is 15.7 Å². The fourth-order valence-electron chi connectivity index (χ4n) is 1.94. The zero-order valence-electron chi connectivity index (χ0n) is 10.3. The van der Waals surface area contributed by atoms with Gasteiger partial charge in [-0.3, -0.25) is 0 Å². The summed E-state index contributed by atoms with van der Waals surface area (Å²) in [6.07, 6.45) is 0. The van der Waals surface area contributed by atoms with Crippen LogP contribution in [0, 0.1) is 0 Å². The monoisotopic (exact) mass is 249 g/mol. The van der Waals surface area contributed by atoms with Crippen LogP contribution in [-0.2, 0) is 0 Å². The van der Waals surface area contributed by atoms with Crippen molar-refractivity contribution in [3.05, 3.63) is 17.8 Å². The fraction of sp³-hybridized carbons (Fsp3) is 0.364. The van der Waals surface area contributed by atoms with Gasteiger partial charge in [0.2, 0.25) is 5.95 Å². The van der Waals surface area contributed by atoms with Gasteiger partial charge in [0.1, 0.15) is 0 Å². The number of aromatic carboxylic acids is 1. The fourth-order valence-corrected chi connectivity index (χ4v) is 1.94. The average molecular weight is 249 g/mol. The summed E-state index contributed by atoms with van der Waals surface area (Å²) in [4.78, 5) is 17.3. The van der Waals surface area contributed by atoms with Gasteiger partial charge in [0.25, 0.3) is 0 Å². The minimum Gasteiger partial charge on any atom is -0.477 e. The molecule has 2 aromatic heterocycles. The van der Waals surface area contributed by atoms with Crippen LogP contribution < -0.4 is 10.6 Å². The Morgan fingerprint density at radius 3 is 2.67 bits per heavy atom. The third kappa shape index (κ3) is 1.83. The number of carboxylic acids is 1. The van der Waals surface area contributed by atoms with E-state index in [1.54, 1.807) is 6.07 Å². The molecule has 0 radical (unpaired) electrons. The summed E-state index contributed by atoms with van der Waals surface area (Å²) in [5, 5.41) is 13.0. The molecule has 0 aromatic carbocycles. The number of nitrogen functional groups attached to an aromatic ring is 1. The lowest BCUT2D eigenvalue weighted by atomic mass is 10.3. The van der Waals surface area contributed by atoms with E-state index in [0.717, 1.165) is 18.8 Å². The minimum atomic E-state index is -1.06. The van der Waals surface area contributed by atoms with Gasteiger partial charge in [0.05, 0.1) is 5.69 Å². The van der Waals surface area contributed by atoms with Crippen molar-refractivity contribution in [1.82, 2.24) is 14.6 Å². The average Bonchev–Trinajstić information content (AvgIpc) is 2.71. The Balaban J connectivity index is 2.71. The quantitative estimate of drug-likeness (QED) is 0.834. The molecule has 18 heavy (non-hydrogen) atoms. The Morgan fingerprint density at radius 2 is 2.11 bits per heavy atom. The number of carbonyl (C=O) groups is 1. The summed E-state index contributed by atoms with van der Waals surface area (Å²) in [6.45, 7) is 5.63. The maximum atomic E-state index is 11.1. The molecule has 0 bridgehead atoms. The standard InChI is InChI=1S/C11H15N5O2/c1-3-15(4-2)7-5-6-8(10(17)18)16-9(7)13-11(12)14-16/h5-6H,3-4H2,1-2H3,(H2,12,14)(H,17,18). The summed E-state index contributed by atoms with van der Waals surface area (Å²) >= 11 is 0. The van der Waals surface area contributed by atoms with Gasteiger partial charge in [-0.15, -0.1) is 5.10 Å². The van der Waals surface area contributed by atoms with Crippen molar-refractivity contribution in [1.29, 1.82) is 0 Å². The number of fused-ring (bicyclic) bond motifs is 1. The highest BCUT2D eigenvalue weighted by Crippen LogP contribution is 2.22. The summed E-state index contributed by atoms with van der Waals surface area (Å²) in [5.41, 5.74) is 6.90. The first-order chi connectivity index (χ1) is 8.58. The van der Waals surface area contributed by atoms with Crippen LogP contribution in [0.25, 0.3) is 5.65 Å². The van der Waals surface area contributed by atoms with E-state index < -0.39 is 5.97 Å². The van der Waals surface area contributed by atoms with Gasteiger partial charge >= 0.3 is 5.97 Å². The maximum absolute atomic E-state index is 11.1. The van der Waals surface area contributed by atoms with E-state index in [2.05, 4.69) is 15.0 Å². The number of nitrogens with two attached hydrogens (primary N) is 1. The summed E-state index contributed by atoms with van der Waals surface area (Å²) < 4.78 is 1.27. The van der Waals surface area contributed by atoms with Crippen molar-refractivity contribution in [2.24, 2.45) is 0 Å². The van der Waals surface area contributed by atoms with Gasteiger partial charge in [-0.2, -0.15) is 4.98 Å². The van der Waals surface area contributed by atoms with Crippen LogP contribution in [-0.4, -0.2) is 38.8 Å². The summed E-state index contributed by atoms with van der Waals surface area (Å²) in [7, 11) is 0. The van der Waals surface area contributed by atoms with Crippen LogP contribution in [0.5, 0.6) is 0 Å². The molecule has 3 N–H and O–H groups in total. The molecule has 0 aliphatic carbocycles. The Kier molecular flexibility index (Phi) is 3.05. The second-order valence-corrected chi connectivity index (χ2v) is 3.79. The molecule has 0 atom stereocenters. The lowest BCUT2D eigenvalue weighted by molar-refractivity contribution is 0.0687. The van der Waals surface area contributed by atoms with Crippen LogP contribution >= 0.6 is 0 Å². The minimum absolute atomic E-state index is 0.0464. The first-order valence-electron chi connectivity index (χ1n) is 5.72. The third-order valence-corrected chi connectivity index (χ3v) is 2.80. The zero-order valence-corrected chi connectivity index (χ0v) is 10.3. The number of nitrogens with zero attached hydrogens (tertiary/aromatic N) is 4. The number of hydrogen-bond acceptors (Lipinski definition) is 5. The van der Waals surface area contributed by atoms with Gasteiger partial charge in [0, 0.05) is 13.1 Å². The highest BCUT2D eigenvalue weighted by Gasteiger charge is 2.17. The maximum Gasteiger partial charge on any atom is 0.354 e. The largest absolute Gasteiger partial charge is 0.477 e. The second-order valence-electron chi connectivity index (χ2n) is 3.79. The van der Waals surface area contributed by atoms with Gasteiger partial charge in [-0.25, -0.2) is 9.31 Å². The zero-order chi connectivity index (χ0) is 13.3. The number of aromatic nitrogens is 3. The Morgan fingerprint density at radius 1 is 1.44 bits per heavy atom. The molecule has 0 aliphatic heterocycles. The molecule has 96 valence electrons. The molecule has 0 saturated heterocycles. The van der Waals surface area contributed by atoms with E-state index in [0.29, 0.717) is 5.65 Å². The van der Waals surface area contributed by atoms with E-state index in [-0.39, 0.29) is 11.6 Å². The van der Waals surface area contributed by atoms with Crippen molar-refractivity contribution < 1.29 is 9.90 Å². The highest BCUT2D eigenvalue weighted by atomic mass is 16.4. The van der Waals surface area contributed by atoms with Crippen molar-refractivity contribution in [3.63, 3.8) is 0 Å². The topological polar surface area (TPSA) is 96.8 Å². The number of carboxylic acid groups (broad SMARTS) is 1. The second kappa shape index (κ2) is 4.52. The normalized spacial score (nSPS) is 10.8. The number of rotatable bonds is 4. The first kappa shape index (κ1) is 12.2. The van der Waals surface area contributed by atoms with E-state index in [9.17, 15) is 4.79 Å². The van der Waals surface area contributed by atoms with E-state index in [1.165, 1.54) is 10.6 Å². The van der Waals surface area contributed by atoms with Crippen molar-refractivity contribution >= 4 is 23.3 Å². The number of pyridine rings is 1. The van der Waals surface area contributed by atoms with Crippen LogP contribution in [0.1, 0.15) is 24.3 Å².